The molecular weight excluding hydrogens is 264 g/mol. The van der Waals surface area contributed by atoms with Crippen LogP contribution in [0.15, 0.2) is 0 Å². The molecule has 104 valence electrons. The van der Waals surface area contributed by atoms with Gasteiger partial charge in [-0.05, 0) is 19.8 Å². The molecule has 1 atom stereocenters. The molecule has 1 unspecified atom stereocenters. The SMILES string of the molecule is CC(=O)NC1CCCN(C(=O)c2sc(N)nc2C)C1. The smallest absolute Gasteiger partial charge is 0.265 e. The zero-order valence-corrected chi connectivity index (χ0v) is 11.9. The van der Waals surface area contributed by atoms with Crippen LogP contribution in [-0.2, 0) is 4.79 Å². The average Bonchev–Trinajstić information content (AvgIpc) is 2.67. The first-order valence-electron chi connectivity index (χ1n) is 6.26. The van der Waals surface area contributed by atoms with E-state index in [0.29, 0.717) is 28.8 Å². The summed E-state index contributed by atoms with van der Waals surface area (Å²) in [5.41, 5.74) is 6.29. The lowest BCUT2D eigenvalue weighted by Gasteiger charge is -2.32. The second kappa shape index (κ2) is 5.56. The van der Waals surface area contributed by atoms with Gasteiger partial charge in [0.25, 0.3) is 5.91 Å². The van der Waals surface area contributed by atoms with E-state index in [1.165, 1.54) is 18.3 Å². The number of nitrogen functional groups attached to an aromatic ring is 1. The van der Waals surface area contributed by atoms with Crippen molar-refractivity contribution in [2.75, 3.05) is 18.8 Å². The molecule has 1 aliphatic rings. The highest BCUT2D eigenvalue weighted by atomic mass is 32.1. The highest BCUT2D eigenvalue weighted by molar-refractivity contribution is 7.17. The number of anilines is 1. The van der Waals surface area contributed by atoms with Crippen LogP contribution in [0.2, 0.25) is 0 Å². The number of piperidine rings is 1. The van der Waals surface area contributed by atoms with Crippen molar-refractivity contribution in [3.8, 4) is 0 Å². The maximum Gasteiger partial charge on any atom is 0.265 e. The van der Waals surface area contributed by atoms with Gasteiger partial charge in [-0.2, -0.15) is 0 Å². The van der Waals surface area contributed by atoms with Crippen molar-refractivity contribution in [3.63, 3.8) is 0 Å². The fourth-order valence-corrected chi connectivity index (χ4v) is 3.13. The number of nitrogens with one attached hydrogen (secondary N) is 1. The molecule has 0 spiro atoms. The molecule has 1 fully saturated rings. The fourth-order valence-electron chi connectivity index (χ4n) is 2.33. The highest BCUT2D eigenvalue weighted by Gasteiger charge is 2.27. The Balaban J connectivity index is 2.07. The average molecular weight is 282 g/mol. The molecule has 1 saturated heterocycles. The van der Waals surface area contributed by atoms with Gasteiger partial charge in [0, 0.05) is 26.1 Å². The number of thiazole rings is 1. The van der Waals surface area contributed by atoms with Crippen LogP contribution < -0.4 is 11.1 Å². The molecule has 3 N–H and O–H groups in total. The summed E-state index contributed by atoms with van der Waals surface area (Å²) < 4.78 is 0. The lowest BCUT2D eigenvalue weighted by Crippen LogP contribution is -2.49. The van der Waals surface area contributed by atoms with Crippen LogP contribution in [0.25, 0.3) is 0 Å². The van der Waals surface area contributed by atoms with Gasteiger partial charge in [-0.3, -0.25) is 9.59 Å². The number of hydrogen-bond donors (Lipinski definition) is 2. The van der Waals surface area contributed by atoms with Crippen LogP contribution in [0.3, 0.4) is 0 Å². The Kier molecular flexibility index (Phi) is 4.04. The summed E-state index contributed by atoms with van der Waals surface area (Å²) in [6, 6.07) is 0.0424. The number of hydrogen-bond acceptors (Lipinski definition) is 5. The van der Waals surface area contributed by atoms with Crippen molar-refractivity contribution in [2.45, 2.75) is 32.7 Å². The van der Waals surface area contributed by atoms with Crippen LogP contribution in [0, 0.1) is 6.92 Å². The van der Waals surface area contributed by atoms with E-state index in [-0.39, 0.29) is 17.9 Å². The standard InChI is InChI=1S/C12H18N4O2S/c1-7-10(19-12(13)14-7)11(18)16-5-3-4-9(6-16)15-8(2)17/h9H,3-6H2,1-2H3,(H2,13,14)(H,15,17). The van der Waals surface area contributed by atoms with Crippen LogP contribution in [0.5, 0.6) is 0 Å². The van der Waals surface area contributed by atoms with Crippen LogP contribution in [0.4, 0.5) is 5.13 Å². The van der Waals surface area contributed by atoms with Gasteiger partial charge < -0.3 is 16.0 Å². The molecule has 19 heavy (non-hydrogen) atoms. The van der Waals surface area contributed by atoms with Crippen molar-refractivity contribution in [1.29, 1.82) is 0 Å². The number of carbonyl (C=O) groups excluding carboxylic acids is 2. The van der Waals surface area contributed by atoms with E-state index in [2.05, 4.69) is 10.3 Å². The maximum absolute atomic E-state index is 12.4. The molecule has 0 radical (unpaired) electrons. The number of aromatic nitrogens is 1. The molecule has 0 bridgehead atoms. The third-order valence-corrected chi connectivity index (χ3v) is 4.10. The molecule has 0 aliphatic carbocycles. The number of nitrogens with zero attached hydrogens (tertiary/aromatic N) is 2. The summed E-state index contributed by atoms with van der Waals surface area (Å²) in [6.45, 7) is 4.55. The van der Waals surface area contributed by atoms with E-state index in [1.54, 1.807) is 11.8 Å². The molecule has 0 saturated carbocycles. The summed E-state index contributed by atoms with van der Waals surface area (Å²) in [4.78, 5) is 29.9. The molecule has 1 aliphatic heterocycles. The second-order valence-electron chi connectivity index (χ2n) is 4.76. The highest BCUT2D eigenvalue weighted by Crippen LogP contribution is 2.23. The van der Waals surface area contributed by atoms with Gasteiger partial charge in [-0.15, -0.1) is 0 Å². The van der Waals surface area contributed by atoms with Crippen molar-refractivity contribution >= 4 is 28.3 Å². The Labute approximate surface area is 116 Å². The van der Waals surface area contributed by atoms with Gasteiger partial charge in [0.15, 0.2) is 5.13 Å². The van der Waals surface area contributed by atoms with Crippen molar-refractivity contribution in [3.05, 3.63) is 10.6 Å². The monoisotopic (exact) mass is 282 g/mol. The van der Waals surface area contributed by atoms with E-state index in [0.717, 1.165) is 12.8 Å². The second-order valence-corrected chi connectivity index (χ2v) is 5.79. The third-order valence-electron chi connectivity index (χ3n) is 3.12. The van der Waals surface area contributed by atoms with E-state index in [4.69, 9.17) is 5.73 Å². The summed E-state index contributed by atoms with van der Waals surface area (Å²) in [5.74, 6) is -0.0979. The molecule has 1 aromatic heterocycles. The van der Waals surface area contributed by atoms with Gasteiger partial charge in [0.2, 0.25) is 5.91 Å². The minimum absolute atomic E-state index is 0.0400. The van der Waals surface area contributed by atoms with Gasteiger partial charge in [0.1, 0.15) is 4.88 Å². The molecule has 0 aromatic carbocycles. The number of nitrogens with two attached hydrogens (primary N) is 1. The Morgan fingerprint density at radius 2 is 2.26 bits per heavy atom. The van der Waals surface area contributed by atoms with E-state index < -0.39 is 0 Å². The minimum atomic E-state index is -0.0579. The summed E-state index contributed by atoms with van der Waals surface area (Å²) in [5, 5.41) is 3.28. The molecule has 1 aromatic rings. The zero-order chi connectivity index (χ0) is 14.0. The van der Waals surface area contributed by atoms with Gasteiger partial charge >= 0.3 is 0 Å². The number of carbonyl (C=O) groups is 2. The Morgan fingerprint density at radius 1 is 1.53 bits per heavy atom. The fraction of sp³-hybridized carbons (Fsp3) is 0.583. The van der Waals surface area contributed by atoms with Crippen LogP contribution >= 0.6 is 11.3 Å². The predicted molar refractivity (Wildman–Crippen MR) is 74.0 cm³/mol. The largest absolute Gasteiger partial charge is 0.375 e. The van der Waals surface area contributed by atoms with E-state index >= 15 is 0 Å². The first-order valence-corrected chi connectivity index (χ1v) is 7.08. The number of aryl methyl sites for hydroxylation is 1. The quantitative estimate of drug-likeness (QED) is 0.838. The molecule has 2 rings (SSSR count). The first kappa shape index (κ1) is 13.8. The molecule has 7 heteroatoms. The van der Waals surface area contributed by atoms with Crippen LogP contribution in [-0.4, -0.2) is 40.8 Å². The van der Waals surface area contributed by atoms with Gasteiger partial charge in [-0.1, -0.05) is 11.3 Å². The number of rotatable bonds is 2. The first-order chi connectivity index (χ1) is 8.97. The molecular formula is C12H18N4O2S. The summed E-state index contributed by atoms with van der Waals surface area (Å²) in [7, 11) is 0. The topological polar surface area (TPSA) is 88.3 Å². The molecule has 2 amide bonds. The normalized spacial score (nSPS) is 19.3. The molecule has 2 heterocycles. The lowest BCUT2D eigenvalue weighted by atomic mass is 10.1. The van der Waals surface area contributed by atoms with Crippen molar-refractivity contribution in [2.24, 2.45) is 0 Å². The van der Waals surface area contributed by atoms with Crippen molar-refractivity contribution < 1.29 is 9.59 Å². The van der Waals surface area contributed by atoms with Crippen LogP contribution in [0.1, 0.15) is 35.1 Å². The minimum Gasteiger partial charge on any atom is -0.375 e. The predicted octanol–water partition coefficient (Wildman–Crippen LogP) is 0.774. The Hall–Kier alpha value is -1.63. The Morgan fingerprint density at radius 3 is 2.84 bits per heavy atom. The third kappa shape index (κ3) is 3.23. The summed E-state index contributed by atoms with van der Waals surface area (Å²) >= 11 is 1.22. The van der Waals surface area contributed by atoms with Gasteiger partial charge in [-0.25, -0.2) is 4.98 Å². The number of amides is 2. The Bertz CT molecular complexity index is 500. The van der Waals surface area contributed by atoms with E-state index in [1.807, 2.05) is 0 Å². The maximum atomic E-state index is 12.4. The van der Waals surface area contributed by atoms with Gasteiger partial charge in [0.05, 0.1) is 5.69 Å². The lowest BCUT2D eigenvalue weighted by molar-refractivity contribution is -0.120. The summed E-state index contributed by atoms with van der Waals surface area (Å²) in [6.07, 6.45) is 1.80. The number of likely N-dealkylation sites (tertiary alicyclic amines) is 1. The molecule has 6 nitrogen and oxygen atoms in total. The van der Waals surface area contributed by atoms with Crippen molar-refractivity contribution in [1.82, 2.24) is 15.2 Å². The van der Waals surface area contributed by atoms with E-state index in [9.17, 15) is 9.59 Å². The zero-order valence-electron chi connectivity index (χ0n) is 11.1.